The summed E-state index contributed by atoms with van der Waals surface area (Å²) in [5.74, 6) is 1.55. The van der Waals surface area contributed by atoms with Crippen molar-refractivity contribution in [1.82, 2.24) is 15.3 Å². The van der Waals surface area contributed by atoms with Crippen LogP contribution in [0.1, 0.15) is 70.9 Å². The van der Waals surface area contributed by atoms with Crippen LogP contribution < -0.4 is 5.32 Å². The van der Waals surface area contributed by atoms with Gasteiger partial charge in [-0.15, -0.1) is 0 Å². The van der Waals surface area contributed by atoms with E-state index in [4.69, 9.17) is 0 Å². The van der Waals surface area contributed by atoms with E-state index in [9.17, 15) is 15.3 Å². The monoisotopic (exact) mass is 417 g/mol. The van der Waals surface area contributed by atoms with Crippen LogP contribution in [-0.4, -0.2) is 55.7 Å². The second-order valence-electron chi connectivity index (χ2n) is 11.3. The molecule has 0 bridgehead atoms. The molecule has 0 aromatic carbocycles. The van der Waals surface area contributed by atoms with Crippen LogP contribution in [0.2, 0.25) is 0 Å². The van der Waals surface area contributed by atoms with E-state index in [1.54, 1.807) is 6.33 Å². The number of fused-ring (bicyclic) bond motifs is 5. The molecule has 4 fully saturated rings. The van der Waals surface area contributed by atoms with E-state index in [1.165, 1.54) is 0 Å². The van der Waals surface area contributed by atoms with Gasteiger partial charge in [0.25, 0.3) is 0 Å². The number of aromatic amines is 1. The lowest BCUT2D eigenvalue weighted by Crippen LogP contribution is -2.71. The highest BCUT2D eigenvalue weighted by Crippen LogP contribution is 2.67. The van der Waals surface area contributed by atoms with Crippen molar-refractivity contribution < 1.29 is 15.3 Å². The van der Waals surface area contributed by atoms with Crippen molar-refractivity contribution in [2.45, 2.75) is 95.5 Å². The van der Waals surface area contributed by atoms with Gasteiger partial charge >= 0.3 is 0 Å². The highest BCUT2D eigenvalue weighted by atomic mass is 16.3. The SMILES string of the molecule is C[C@]12CC[C@H]3[C@@H](C[C@@H](NCCc4cnc[nH]4)[C@@]4(O)C[C@@H](O)CC[C@]34C)[C@@H]1CC[C@@H]2O. The molecule has 9 atom stereocenters. The van der Waals surface area contributed by atoms with Crippen molar-refractivity contribution in [2.75, 3.05) is 6.54 Å². The van der Waals surface area contributed by atoms with Crippen molar-refractivity contribution >= 4 is 0 Å². The number of imidazole rings is 1. The lowest BCUT2D eigenvalue weighted by Gasteiger charge is -2.66. The van der Waals surface area contributed by atoms with Gasteiger partial charge in [0, 0.05) is 42.7 Å². The second kappa shape index (κ2) is 7.29. The van der Waals surface area contributed by atoms with E-state index in [-0.39, 0.29) is 23.0 Å². The Hall–Kier alpha value is -0.950. The minimum absolute atomic E-state index is 0.0262. The number of aliphatic hydroxyl groups is 3. The van der Waals surface area contributed by atoms with Crippen molar-refractivity contribution in [2.24, 2.45) is 28.6 Å². The normalized spacial score (nSPS) is 50.6. The number of hydrogen-bond donors (Lipinski definition) is 5. The van der Waals surface area contributed by atoms with Crippen LogP contribution in [0.3, 0.4) is 0 Å². The predicted molar refractivity (Wildman–Crippen MR) is 115 cm³/mol. The molecule has 0 saturated heterocycles. The Bertz CT molecular complexity index is 757. The van der Waals surface area contributed by atoms with Crippen LogP contribution in [0.15, 0.2) is 12.5 Å². The number of nitrogens with one attached hydrogen (secondary N) is 2. The van der Waals surface area contributed by atoms with Gasteiger partial charge in [0.2, 0.25) is 0 Å². The van der Waals surface area contributed by atoms with E-state index in [1.807, 2.05) is 6.20 Å². The predicted octanol–water partition coefficient (Wildman–Crippen LogP) is 2.40. The Kier molecular flexibility index (Phi) is 5.09. The molecule has 0 spiro atoms. The first-order valence-corrected chi connectivity index (χ1v) is 12.1. The largest absolute Gasteiger partial charge is 0.393 e. The summed E-state index contributed by atoms with van der Waals surface area (Å²) in [6.07, 6.45) is 11.1. The number of nitrogens with zero attached hydrogens (tertiary/aromatic N) is 1. The summed E-state index contributed by atoms with van der Waals surface area (Å²) in [6.45, 7) is 5.39. The first-order chi connectivity index (χ1) is 14.3. The fourth-order valence-corrected chi connectivity index (χ4v) is 8.33. The van der Waals surface area contributed by atoms with Gasteiger partial charge in [-0.05, 0) is 68.1 Å². The summed E-state index contributed by atoms with van der Waals surface area (Å²) in [6, 6.07) is -0.0262. The van der Waals surface area contributed by atoms with Gasteiger partial charge < -0.3 is 25.6 Å². The minimum atomic E-state index is -0.884. The quantitative estimate of drug-likeness (QED) is 0.518. The molecular weight excluding hydrogens is 378 g/mol. The molecule has 0 amide bonds. The first-order valence-electron chi connectivity index (χ1n) is 12.1. The average molecular weight is 418 g/mol. The Morgan fingerprint density at radius 3 is 2.73 bits per heavy atom. The molecule has 0 unspecified atom stereocenters. The van der Waals surface area contributed by atoms with Gasteiger partial charge in [0.05, 0.1) is 24.1 Å². The van der Waals surface area contributed by atoms with Gasteiger partial charge in [-0.1, -0.05) is 13.8 Å². The first kappa shape index (κ1) is 20.9. The molecule has 30 heavy (non-hydrogen) atoms. The molecule has 6 nitrogen and oxygen atoms in total. The smallest absolute Gasteiger partial charge is 0.0921 e. The van der Waals surface area contributed by atoms with Crippen LogP contribution in [0.4, 0.5) is 0 Å². The van der Waals surface area contributed by atoms with E-state index in [0.717, 1.165) is 63.6 Å². The van der Waals surface area contributed by atoms with Crippen LogP contribution in [0.5, 0.6) is 0 Å². The van der Waals surface area contributed by atoms with E-state index in [0.29, 0.717) is 24.2 Å². The van der Waals surface area contributed by atoms with Crippen LogP contribution >= 0.6 is 0 Å². The second-order valence-corrected chi connectivity index (χ2v) is 11.3. The third-order valence-electron chi connectivity index (χ3n) is 10.2. The molecule has 168 valence electrons. The summed E-state index contributed by atoms with van der Waals surface area (Å²) in [5.41, 5.74) is 0.0565. The van der Waals surface area contributed by atoms with Crippen molar-refractivity contribution in [3.63, 3.8) is 0 Å². The molecule has 4 saturated carbocycles. The Balaban J connectivity index is 1.43. The maximum Gasteiger partial charge on any atom is 0.0921 e. The average Bonchev–Trinajstić information content (AvgIpc) is 3.32. The third-order valence-corrected chi connectivity index (χ3v) is 10.2. The van der Waals surface area contributed by atoms with E-state index < -0.39 is 11.7 Å². The van der Waals surface area contributed by atoms with Crippen LogP contribution in [0, 0.1) is 28.6 Å². The zero-order valence-corrected chi connectivity index (χ0v) is 18.5. The summed E-state index contributed by atoms with van der Waals surface area (Å²) >= 11 is 0. The Labute approximate surface area is 179 Å². The van der Waals surface area contributed by atoms with Crippen molar-refractivity contribution in [3.05, 3.63) is 18.2 Å². The maximum absolute atomic E-state index is 12.1. The van der Waals surface area contributed by atoms with E-state index in [2.05, 4.69) is 29.1 Å². The van der Waals surface area contributed by atoms with Gasteiger partial charge in [-0.3, -0.25) is 0 Å². The molecule has 4 aliphatic rings. The zero-order chi connectivity index (χ0) is 21.1. The molecular formula is C24H39N3O3. The number of aliphatic hydroxyl groups excluding tert-OH is 2. The standard InChI is InChI=1S/C24H39N3O3/c1-22-8-6-19-17(18(22)3-4-21(22)29)11-20(26-10-7-15-13-25-14-27-15)24(30)12-16(28)5-9-23(19,24)2/h13-14,16-21,26,28-30H,3-12H2,1-2H3,(H,25,27)/t16-,17-,18-,19-,20+,21-,22-,23+,24-/m0/s1. The lowest BCUT2D eigenvalue weighted by molar-refractivity contribution is -0.234. The number of hydrogen-bond acceptors (Lipinski definition) is 5. The molecule has 5 rings (SSSR count). The van der Waals surface area contributed by atoms with Crippen LogP contribution in [0.25, 0.3) is 0 Å². The summed E-state index contributed by atoms with van der Waals surface area (Å²) in [5, 5.41) is 37.1. The molecule has 6 heteroatoms. The topological polar surface area (TPSA) is 101 Å². The van der Waals surface area contributed by atoms with Gasteiger partial charge in [0.1, 0.15) is 0 Å². The summed E-state index contributed by atoms with van der Waals surface area (Å²) in [7, 11) is 0. The molecule has 0 radical (unpaired) electrons. The zero-order valence-electron chi connectivity index (χ0n) is 18.5. The highest BCUT2D eigenvalue weighted by molar-refractivity contribution is 5.18. The summed E-state index contributed by atoms with van der Waals surface area (Å²) < 4.78 is 0. The van der Waals surface area contributed by atoms with E-state index >= 15 is 0 Å². The highest BCUT2D eigenvalue weighted by Gasteiger charge is 2.67. The fraction of sp³-hybridized carbons (Fsp3) is 0.875. The third kappa shape index (κ3) is 2.94. The number of H-pyrrole nitrogens is 1. The van der Waals surface area contributed by atoms with Crippen molar-refractivity contribution in [1.29, 1.82) is 0 Å². The van der Waals surface area contributed by atoms with Crippen molar-refractivity contribution in [3.8, 4) is 0 Å². The van der Waals surface area contributed by atoms with Gasteiger partial charge in [-0.2, -0.15) is 0 Å². The maximum atomic E-state index is 12.1. The van der Waals surface area contributed by atoms with Gasteiger partial charge in [-0.25, -0.2) is 4.98 Å². The molecule has 1 aromatic heterocycles. The Morgan fingerprint density at radius 1 is 1.13 bits per heavy atom. The molecule has 1 heterocycles. The van der Waals surface area contributed by atoms with Crippen LogP contribution in [-0.2, 0) is 6.42 Å². The fourth-order valence-electron chi connectivity index (χ4n) is 8.33. The van der Waals surface area contributed by atoms with Gasteiger partial charge in [0.15, 0.2) is 0 Å². The number of aromatic nitrogens is 2. The Morgan fingerprint density at radius 2 is 1.97 bits per heavy atom. The number of rotatable bonds is 4. The molecule has 5 N–H and O–H groups in total. The lowest BCUT2D eigenvalue weighted by atomic mass is 9.42. The summed E-state index contributed by atoms with van der Waals surface area (Å²) in [4.78, 5) is 7.26. The minimum Gasteiger partial charge on any atom is -0.393 e. The molecule has 0 aliphatic heterocycles. The molecule has 1 aromatic rings. The molecule has 4 aliphatic carbocycles.